The zero-order chi connectivity index (χ0) is 26.6. The highest BCUT2D eigenvalue weighted by Gasteiger charge is 2.34. The van der Waals surface area contributed by atoms with Gasteiger partial charge in [-0.2, -0.15) is 4.31 Å². The summed E-state index contributed by atoms with van der Waals surface area (Å²) in [6.45, 7) is 6.69. The smallest absolute Gasteiger partial charge is 0.324 e. The van der Waals surface area contributed by atoms with E-state index in [2.05, 4.69) is 22.1 Å². The van der Waals surface area contributed by atoms with Crippen LogP contribution in [0.3, 0.4) is 0 Å². The minimum absolute atomic E-state index is 0.0902. The predicted octanol–water partition coefficient (Wildman–Crippen LogP) is 4.64. The van der Waals surface area contributed by atoms with Gasteiger partial charge in [-0.15, -0.1) is 0 Å². The maximum atomic E-state index is 13.5. The second-order valence-electron chi connectivity index (χ2n) is 9.74. The van der Waals surface area contributed by atoms with Crippen LogP contribution in [-0.4, -0.2) is 42.9 Å². The summed E-state index contributed by atoms with van der Waals surface area (Å²) in [5.41, 5.74) is 3.86. The minimum atomic E-state index is -3.92. The fourth-order valence-electron chi connectivity index (χ4n) is 4.44. The van der Waals surface area contributed by atoms with Crippen molar-refractivity contribution in [3.8, 4) is 0 Å². The Morgan fingerprint density at radius 1 is 1.08 bits per heavy atom. The van der Waals surface area contributed by atoms with Crippen molar-refractivity contribution in [1.29, 1.82) is 0 Å². The van der Waals surface area contributed by atoms with Crippen molar-refractivity contribution < 1.29 is 17.9 Å². The van der Waals surface area contributed by atoms with Gasteiger partial charge in [0, 0.05) is 19.8 Å². The lowest BCUT2D eigenvalue weighted by atomic mass is 10.0. The van der Waals surface area contributed by atoms with Crippen LogP contribution < -0.4 is 10.2 Å². The molecule has 1 aromatic heterocycles. The quantitative estimate of drug-likeness (QED) is 0.388. The zero-order valence-electron chi connectivity index (χ0n) is 21.7. The molecule has 0 aliphatic carbocycles. The van der Waals surface area contributed by atoms with Crippen LogP contribution in [0.4, 0.5) is 11.4 Å². The van der Waals surface area contributed by atoms with Gasteiger partial charge in [0.1, 0.15) is 12.6 Å². The molecule has 0 spiro atoms. The van der Waals surface area contributed by atoms with E-state index in [9.17, 15) is 13.2 Å². The zero-order valence-corrected chi connectivity index (χ0v) is 22.5. The monoisotopic (exact) mass is 522 g/mol. The number of rotatable bonds is 10. The number of nitrogens with one attached hydrogen (secondary N) is 1. The van der Waals surface area contributed by atoms with Gasteiger partial charge in [0.25, 0.3) is 0 Å². The third-order valence-electron chi connectivity index (χ3n) is 6.52. The van der Waals surface area contributed by atoms with E-state index in [-0.39, 0.29) is 23.6 Å². The summed E-state index contributed by atoms with van der Waals surface area (Å²) in [5.74, 6) is -0.452. The van der Waals surface area contributed by atoms with E-state index in [0.29, 0.717) is 13.0 Å². The number of ether oxygens (including phenoxy) is 1. The Kier molecular flexibility index (Phi) is 8.14. The van der Waals surface area contributed by atoms with E-state index in [1.165, 1.54) is 7.05 Å². The largest absolute Gasteiger partial charge is 0.460 e. The molecule has 0 fully saturated rings. The highest BCUT2D eigenvalue weighted by molar-refractivity contribution is 7.89. The lowest BCUT2D eigenvalue weighted by Gasteiger charge is -2.27. The second kappa shape index (κ2) is 11.3. The van der Waals surface area contributed by atoms with Gasteiger partial charge in [-0.05, 0) is 48.6 Å². The van der Waals surface area contributed by atoms with E-state index in [1.54, 1.807) is 24.5 Å². The Hall–Kier alpha value is -3.43. The number of hydrogen-bond donors (Lipinski definition) is 1. The first-order valence-corrected chi connectivity index (χ1v) is 13.9. The molecule has 2 heterocycles. The van der Waals surface area contributed by atoms with Crippen molar-refractivity contribution in [3.63, 3.8) is 0 Å². The number of benzene rings is 2. The Morgan fingerprint density at radius 3 is 2.46 bits per heavy atom. The van der Waals surface area contributed by atoms with E-state index in [4.69, 9.17) is 4.74 Å². The molecule has 196 valence electrons. The van der Waals surface area contributed by atoms with Gasteiger partial charge >= 0.3 is 5.97 Å². The van der Waals surface area contributed by atoms with Crippen molar-refractivity contribution >= 4 is 27.4 Å². The summed E-state index contributed by atoms with van der Waals surface area (Å²) in [5, 5.41) is 3.39. The molecular weight excluding hydrogens is 488 g/mol. The van der Waals surface area contributed by atoms with Gasteiger partial charge < -0.3 is 15.0 Å². The number of nitrogens with zero attached hydrogens (tertiary/aromatic N) is 3. The number of sulfonamides is 1. The maximum absolute atomic E-state index is 13.5. The first-order valence-electron chi connectivity index (χ1n) is 12.4. The Labute approximate surface area is 219 Å². The molecule has 3 aromatic rings. The number of esters is 1. The standard InChI is InChI=1S/C28H34N4O4S/c1-20(2)16-27(28(33)36-19-23-8-6-5-7-9-23)31(4)37(34,35)24-12-10-22(11-13-24)18-32-21(3)30-25-17-29-15-14-26(25)32/h5-15,17,20-21,27,30H,16,18-19H2,1-4H3/t21?,27-/m0/s1. The summed E-state index contributed by atoms with van der Waals surface area (Å²) in [4.78, 5) is 19.5. The summed E-state index contributed by atoms with van der Waals surface area (Å²) in [7, 11) is -2.47. The molecule has 4 rings (SSSR count). The molecule has 1 N–H and O–H groups in total. The highest BCUT2D eigenvalue weighted by atomic mass is 32.2. The van der Waals surface area contributed by atoms with Crippen LogP contribution in [0.5, 0.6) is 0 Å². The fourth-order valence-corrected chi connectivity index (χ4v) is 5.76. The molecule has 2 atom stereocenters. The molecule has 2 aromatic carbocycles. The predicted molar refractivity (Wildman–Crippen MR) is 144 cm³/mol. The van der Waals surface area contributed by atoms with Crippen LogP contribution in [0.2, 0.25) is 0 Å². The second-order valence-corrected chi connectivity index (χ2v) is 11.7. The molecule has 0 saturated heterocycles. The average molecular weight is 523 g/mol. The van der Waals surface area contributed by atoms with Crippen molar-refractivity contribution in [2.45, 2.75) is 57.4 Å². The summed E-state index contributed by atoms with van der Waals surface area (Å²) in [6, 6.07) is 17.2. The Bertz CT molecular complexity index is 1310. The summed E-state index contributed by atoms with van der Waals surface area (Å²) in [6.07, 6.45) is 4.01. The van der Waals surface area contributed by atoms with Crippen LogP contribution in [0.1, 0.15) is 38.3 Å². The molecular formula is C28H34N4O4S. The van der Waals surface area contributed by atoms with Gasteiger partial charge in [-0.3, -0.25) is 9.78 Å². The molecule has 0 amide bonds. The summed E-state index contributed by atoms with van der Waals surface area (Å²) < 4.78 is 33.7. The number of anilines is 2. The average Bonchev–Trinajstić information content (AvgIpc) is 3.21. The molecule has 1 aliphatic rings. The first-order chi connectivity index (χ1) is 17.7. The van der Waals surface area contributed by atoms with Crippen LogP contribution in [-0.2, 0) is 32.7 Å². The SMILES string of the molecule is CC(C)C[C@@H](C(=O)OCc1ccccc1)N(C)S(=O)(=O)c1ccc(CN2c3ccncc3NC2C)cc1. The van der Waals surface area contributed by atoms with Crippen molar-refractivity contribution in [2.24, 2.45) is 5.92 Å². The van der Waals surface area contributed by atoms with E-state index in [0.717, 1.165) is 26.8 Å². The Balaban J connectivity index is 1.48. The molecule has 0 bridgehead atoms. The molecule has 0 radical (unpaired) electrons. The Morgan fingerprint density at radius 2 is 1.78 bits per heavy atom. The lowest BCUT2D eigenvalue weighted by molar-refractivity contribution is -0.149. The first kappa shape index (κ1) is 26.6. The third-order valence-corrected chi connectivity index (χ3v) is 8.40. The molecule has 9 heteroatoms. The van der Waals surface area contributed by atoms with Gasteiger partial charge in [-0.25, -0.2) is 8.42 Å². The van der Waals surface area contributed by atoms with Crippen molar-refractivity contribution in [2.75, 3.05) is 17.3 Å². The topological polar surface area (TPSA) is 91.8 Å². The van der Waals surface area contributed by atoms with Crippen molar-refractivity contribution in [3.05, 3.63) is 84.2 Å². The van der Waals surface area contributed by atoms with Gasteiger partial charge in [0.05, 0.1) is 28.6 Å². The minimum Gasteiger partial charge on any atom is -0.460 e. The molecule has 0 saturated carbocycles. The molecule has 1 aliphatic heterocycles. The van der Waals surface area contributed by atoms with Crippen LogP contribution in [0.15, 0.2) is 78.0 Å². The molecule has 1 unspecified atom stereocenters. The highest BCUT2D eigenvalue weighted by Crippen LogP contribution is 2.34. The van der Waals surface area contributed by atoms with Crippen LogP contribution >= 0.6 is 0 Å². The number of aromatic nitrogens is 1. The van der Waals surface area contributed by atoms with Gasteiger partial charge in [0.2, 0.25) is 10.0 Å². The summed E-state index contributed by atoms with van der Waals surface area (Å²) >= 11 is 0. The fraction of sp³-hybridized carbons (Fsp3) is 0.357. The number of pyridine rings is 1. The number of carbonyl (C=O) groups is 1. The number of likely N-dealkylation sites (N-methyl/N-ethyl adjacent to an activating group) is 1. The van der Waals surface area contributed by atoms with Crippen molar-refractivity contribution in [1.82, 2.24) is 9.29 Å². The normalized spacial score (nSPS) is 15.9. The van der Waals surface area contributed by atoms with Gasteiger partial charge in [0.15, 0.2) is 0 Å². The molecule has 8 nitrogen and oxygen atoms in total. The number of fused-ring (bicyclic) bond motifs is 1. The molecule has 37 heavy (non-hydrogen) atoms. The van der Waals surface area contributed by atoms with Crippen LogP contribution in [0.25, 0.3) is 0 Å². The van der Waals surface area contributed by atoms with E-state index >= 15 is 0 Å². The maximum Gasteiger partial charge on any atom is 0.324 e. The van der Waals surface area contributed by atoms with Gasteiger partial charge in [-0.1, -0.05) is 56.3 Å². The third kappa shape index (κ3) is 6.11. The number of carbonyl (C=O) groups excluding carboxylic acids is 1. The van der Waals surface area contributed by atoms with E-state index < -0.39 is 22.0 Å². The number of hydrogen-bond acceptors (Lipinski definition) is 7. The lowest BCUT2D eigenvalue weighted by Crippen LogP contribution is -2.44. The van der Waals surface area contributed by atoms with E-state index in [1.807, 2.05) is 62.4 Å². The van der Waals surface area contributed by atoms with Crippen LogP contribution in [0, 0.1) is 5.92 Å².